The number of carbonyl (C=O) groups is 1. The maximum Gasteiger partial charge on any atom is 0.333 e. The molecule has 156 valence electrons. The van der Waals surface area contributed by atoms with Crippen LogP contribution in [0.2, 0.25) is 0 Å². The van der Waals surface area contributed by atoms with Crippen molar-refractivity contribution in [2.24, 2.45) is 4.99 Å². The minimum atomic E-state index is -2.88. The van der Waals surface area contributed by atoms with Crippen LogP contribution in [-0.4, -0.2) is 64.7 Å². The van der Waals surface area contributed by atoms with Crippen LogP contribution in [0.3, 0.4) is 0 Å². The van der Waals surface area contributed by atoms with E-state index >= 15 is 0 Å². The number of nitrogens with one attached hydrogen (secondary N) is 1. The Hall–Kier alpha value is -2.67. The SMILES string of the molecule is C=C(C)C(=O)OCCNOCN=C=C=Cc1ccc(N2CCS(=O)(=O)CC2)cc1. The monoisotopic (exact) mass is 419 g/mol. The molecule has 0 amide bonds. The van der Waals surface area contributed by atoms with E-state index in [-0.39, 0.29) is 24.8 Å². The number of benzene rings is 1. The molecule has 0 spiro atoms. The second-order valence-electron chi connectivity index (χ2n) is 6.37. The van der Waals surface area contributed by atoms with Crippen LogP contribution in [0.1, 0.15) is 12.5 Å². The normalized spacial score (nSPS) is 15.0. The lowest BCUT2D eigenvalue weighted by atomic mass is 10.2. The summed E-state index contributed by atoms with van der Waals surface area (Å²) < 4.78 is 27.9. The van der Waals surface area contributed by atoms with Gasteiger partial charge in [0.05, 0.1) is 18.1 Å². The largest absolute Gasteiger partial charge is 0.461 e. The molecule has 29 heavy (non-hydrogen) atoms. The van der Waals surface area contributed by atoms with Gasteiger partial charge >= 0.3 is 5.97 Å². The number of ether oxygens (including phenoxy) is 1. The zero-order chi connectivity index (χ0) is 21.1. The van der Waals surface area contributed by atoms with E-state index in [9.17, 15) is 13.2 Å². The molecule has 1 N–H and O–H groups in total. The minimum Gasteiger partial charge on any atom is -0.461 e. The van der Waals surface area contributed by atoms with Crippen LogP contribution in [0.15, 0.2) is 47.1 Å². The van der Waals surface area contributed by atoms with Gasteiger partial charge in [-0.05, 0) is 36.4 Å². The van der Waals surface area contributed by atoms with Gasteiger partial charge in [0.1, 0.15) is 6.61 Å². The highest BCUT2D eigenvalue weighted by Crippen LogP contribution is 2.18. The molecule has 0 aromatic heterocycles. The summed E-state index contributed by atoms with van der Waals surface area (Å²) in [5.74, 6) is 2.59. The van der Waals surface area contributed by atoms with Crippen molar-refractivity contribution < 1.29 is 22.8 Å². The molecule has 9 heteroatoms. The summed E-state index contributed by atoms with van der Waals surface area (Å²) in [6.07, 6.45) is 1.73. The van der Waals surface area contributed by atoms with E-state index in [2.05, 4.69) is 33.6 Å². The molecule has 0 saturated carbocycles. The van der Waals surface area contributed by atoms with Crippen LogP contribution in [0.4, 0.5) is 5.69 Å². The van der Waals surface area contributed by atoms with E-state index in [1.165, 1.54) is 0 Å². The molecule has 1 fully saturated rings. The number of nitrogens with zero attached hydrogens (tertiary/aromatic N) is 2. The third-order valence-corrected chi connectivity index (χ3v) is 5.61. The molecule has 0 radical (unpaired) electrons. The van der Waals surface area contributed by atoms with Crippen molar-refractivity contribution in [2.75, 3.05) is 49.4 Å². The highest BCUT2D eigenvalue weighted by Gasteiger charge is 2.21. The second-order valence-corrected chi connectivity index (χ2v) is 8.68. The Kier molecular flexibility index (Phi) is 8.86. The number of esters is 1. The Morgan fingerprint density at radius 3 is 2.66 bits per heavy atom. The Morgan fingerprint density at radius 2 is 2.00 bits per heavy atom. The molecule has 0 atom stereocenters. The fourth-order valence-corrected chi connectivity index (χ4v) is 3.61. The van der Waals surface area contributed by atoms with Gasteiger partial charge < -0.3 is 9.64 Å². The first-order valence-electron chi connectivity index (χ1n) is 9.10. The van der Waals surface area contributed by atoms with Crippen molar-refractivity contribution in [3.63, 3.8) is 0 Å². The van der Waals surface area contributed by atoms with Gasteiger partial charge in [0, 0.05) is 30.2 Å². The smallest absolute Gasteiger partial charge is 0.333 e. The average Bonchev–Trinajstić information content (AvgIpc) is 2.69. The summed E-state index contributed by atoms with van der Waals surface area (Å²) in [6, 6.07) is 7.77. The lowest BCUT2D eigenvalue weighted by Gasteiger charge is -2.28. The first-order valence-corrected chi connectivity index (χ1v) is 10.9. The highest BCUT2D eigenvalue weighted by molar-refractivity contribution is 7.91. The van der Waals surface area contributed by atoms with Gasteiger partial charge in [-0.25, -0.2) is 18.2 Å². The van der Waals surface area contributed by atoms with Gasteiger partial charge in [0.25, 0.3) is 0 Å². The number of hydroxylamine groups is 1. The van der Waals surface area contributed by atoms with Gasteiger partial charge in [-0.1, -0.05) is 18.7 Å². The standard InChI is InChI=1S/C20H25N3O5S/c1-17(2)20(24)27-13-10-22-28-16-21-9-3-4-18-5-7-19(8-6-18)23-11-14-29(25,26)15-12-23/h4-8,22H,1,10-16H2,2H3. The lowest BCUT2D eigenvalue weighted by Crippen LogP contribution is -2.40. The Balaban J connectivity index is 1.69. The molecule has 1 aliphatic heterocycles. The van der Waals surface area contributed by atoms with Crippen molar-refractivity contribution in [3.05, 3.63) is 47.7 Å². The van der Waals surface area contributed by atoms with Gasteiger partial charge in [-0.2, -0.15) is 5.48 Å². The van der Waals surface area contributed by atoms with E-state index in [4.69, 9.17) is 9.57 Å². The number of hydrogen-bond donors (Lipinski definition) is 1. The first kappa shape index (κ1) is 22.6. The van der Waals surface area contributed by atoms with Crippen LogP contribution in [0, 0.1) is 0 Å². The molecule has 0 unspecified atom stereocenters. The summed E-state index contributed by atoms with van der Waals surface area (Å²) in [5.41, 5.74) is 7.71. The van der Waals surface area contributed by atoms with Crippen molar-refractivity contribution in [2.45, 2.75) is 6.92 Å². The van der Waals surface area contributed by atoms with E-state index < -0.39 is 15.8 Å². The lowest BCUT2D eigenvalue weighted by molar-refractivity contribution is -0.139. The Morgan fingerprint density at radius 1 is 1.31 bits per heavy atom. The van der Waals surface area contributed by atoms with Gasteiger partial charge in [0.15, 0.2) is 16.6 Å². The number of aliphatic imine (C=N–C) groups is 1. The molecule has 1 aliphatic rings. The fraction of sp³-hybridized carbons (Fsp3) is 0.400. The van der Waals surface area contributed by atoms with Crippen LogP contribution >= 0.6 is 0 Å². The molecular weight excluding hydrogens is 394 g/mol. The maximum atomic E-state index is 11.5. The number of sulfone groups is 1. The zero-order valence-electron chi connectivity index (χ0n) is 16.4. The van der Waals surface area contributed by atoms with Crippen LogP contribution < -0.4 is 10.4 Å². The predicted octanol–water partition coefficient (Wildman–Crippen LogP) is 1.36. The quantitative estimate of drug-likeness (QED) is 0.161. The average molecular weight is 420 g/mol. The molecule has 0 bridgehead atoms. The van der Waals surface area contributed by atoms with E-state index in [1.807, 2.05) is 24.3 Å². The Labute approximate surface area is 171 Å². The number of rotatable bonds is 9. The topological polar surface area (TPSA) is 97.3 Å². The fourth-order valence-electron chi connectivity index (χ4n) is 2.40. The summed E-state index contributed by atoms with van der Waals surface area (Å²) in [6.45, 7) is 6.67. The molecule has 1 aromatic rings. The Bertz CT molecular complexity index is 898. The van der Waals surface area contributed by atoms with Crippen LogP contribution in [0.5, 0.6) is 0 Å². The molecule has 0 aliphatic carbocycles. The summed E-state index contributed by atoms with van der Waals surface area (Å²) in [5, 5.41) is 0. The van der Waals surface area contributed by atoms with Crippen molar-refractivity contribution in [1.82, 2.24) is 5.48 Å². The molecule has 1 aromatic carbocycles. The van der Waals surface area contributed by atoms with Crippen LogP contribution in [-0.2, 0) is 24.2 Å². The summed E-state index contributed by atoms with van der Waals surface area (Å²) in [4.78, 5) is 22.1. The second kappa shape index (κ2) is 11.4. The predicted molar refractivity (Wildman–Crippen MR) is 112 cm³/mol. The van der Waals surface area contributed by atoms with Gasteiger partial charge in [-0.3, -0.25) is 4.84 Å². The van der Waals surface area contributed by atoms with Gasteiger partial charge in [0.2, 0.25) is 0 Å². The van der Waals surface area contributed by atoms with E-state index in [0.717, 1.165) is 11.3 Å². The molecule has 8 nitrogen and oxygen atoms in total. The molecule has 1 saturated heterocycles. The highest BCUT2D eigenvalue weighted by atomic mass is 32.2. The summed E-state index contributed by atoms with van der Waals surface area (Å²) in [7, 11) is -2.88. The first-order chi connectivity index (χ1) is 13.9. The molecule has 2 rings (SSSR count). The third-order valence-electron chi connectivity index (χ3n) is 4.00. The van der Waals surface area contributed by atoms with E-state index in [0.29, 0.717) is 25.2 Å². The van der Waals surface area contributed by atoms with E-state index in [1.54, 1.807) is 13.0 Å². The van der Waals surface area contributed by atoms with Crippen LogP contribution in [0.25, 0.3) is 6.08 Å². The molecular formula is C20H25N3O5S. The number of carbonyl (C=O) groups excluding carboxylic acids is 1. The number of anilines is 1. The summed E-state index contributed by atoms with van der Waals surface area (Å²) >= 11 is 0. The zero-order valence-corrected chi connectivity index (χ0v) is 17.2. The van der Waals surface area contributed by atoms with Crippen molar-refractivity contribution in [1.29, 1.82) is 0 Å². The third kappa shape index (κ3) is 8.48. The van der Waals surface area contributed by atoms with Crippen molar-refractivity contribution >= 4 is 33.4 Å². The van der Waals surface area contributed by atoms with Crippen molar-refractivity contribution in [3.8, 4) is 0 Å². The number of hydrogen-bond acceptors (Lipinski definition) is 8. The maximum absolute atomic E-state index is 11.5. The minimum absolute atomic E-state index is 0.0477. The molecule has 1 heterocycles. The van der Waals surface area contributed by atoms with Gasteiger partial charge in [-0.15, -0.1) is 0 Å².